The normalized spacial score (nSPS) is 10.1. The molecule has 8 nitrogen and oxygen atoms in total. The van der Waals surface area contributed by atoms with Crippen LogP contribution in [0.15, 0.2) is 54.9 Å². The fourth-order valence-electron chi connectivity index (χ4n) is 2.57. The molecule has 0 unspecified atom stereocenters. The fraction of sp³-hybridized carbons (Fsp3) is 0.150. The molecule has 2 N–H and O–H groups in total. The minimum absolute atomic E-state index is 0.415. The van der Waals surface area contributed by atoms with Gasteiger partial charge in [-0.2, -0.15) is 0 Å². The Bertz CT molecular complexity index is 978. The van der Waals surface area contributed by atoms with Crippen molar-refractivity contribution in [2.45, 2.75) is 0 Å². The van der Waals surface area contributed by atoms with Crippen LogP contribution in [-0.2, 0) is 4.74 Å². The van der Waals surface area contributed by atoms with Crippen molar-refractivity contribution in [1.29, 1.82) is 0 Å². The highest BCUT2D eigenvalue weighted by Gasteiger charge is 2.12. The van der Waals surface area contributed by atoms with Crippen LogP contribution >= 0.6 is 0 Å². The lowest BCUT2D eigenvalue weighted by Gasteiger charge is -2.12. The van der Waals surface area contributed by atoms with Gasteiger partial charge in [0.05, 0.1) is 32.6 Å². The quantitative estimate of drug-likeness (QED) is 0.598. The van der Waals surface area contributed by atoms with Gasteiger partial charge in [0, 0.05) is 17.8 Å². The van der Waals surface area contributed by atoms with Crippen LogP contribution in [0.2, 0.25) is 0 Å². The number of para-hydroxylation sites is 1. The number of anilines is 4. The molecule has 3 aromatic rings. The summed E-state index contributed by atoms with van der Waals surface area (Å²) in [7, 11) is 4.50. The molecule has 0 fully saturated rings. The summed E-state index contributed by atoms with van der Waals surface area (Å²) >= 11 is 0. The lowest BCUT2D eigenvalue weighted by atomic mass is 10.2. The molecule has 1 heterocycles. The van der Waals surface area contributed by atoms with E-state index in [1.54, 1.807) is 50.6 Å². The van der Waals surface area contributed by atoms with Crippen molar-refractivity contribution >= 4 is 29.0 Å². The first-order valence-electron chi connectivity index (χ1n) is 8.40. The molecule has 0 bridgehead atoms. The van der Waals surface area contributed by atoms with E-state index in [0.717, 1.165) is 5.69 Å². The van der Waals surface area contributed by atoms with Crippen molar-refractivity contribution in [2.24, 2.45) is 0 Å². The number of benzene rings is 2. The predicted octanol–water partition coefficient (Wildman–Crippen LogP) is 3.77. The van der Waals surface area contributed by atoms with Crippen molar-refractivity contribution in [3.8, 4) is 11.5 Å². The molecule has 0 radical (unpaired) electrons. The van der Waals surface area contributed by atoms with Gasteiger partial charge in [0.2, 0.25) is 0 Å². The van der Waals surface area contributed by atoms with Crippen molar-refractivity contribution in [2.75, 3.05) is 32.0 Å². The molecule has 0 aliphatic heterocycles. The molecule has 2 aromatic carbocycles. The third-order valence-corrected chi connectivity index (χ3v) is 3.92. The largest absolute Gasteiger partial charge is 0.493 e. The van der Waals surface area contributed by atoms with Crippen LogP contribution in [-0.4, -0.2) is 37.3 Å². The van der Waals surface area contributed by atoms with E-state index in [1.807, 2.05) is 12.1 Å². The molecule has 0 amide bonds. The van der Waals surface area contributed by atoms with Crippen LogP contribution in [0.5, 0.6) is 11.5 Å². The lowest BCUT2D eigenvalue weighted by molar-refractivity contribution is 0.0602. The summed E-state index contributed by atoms with van der Waals surface area (Å²) in [5.74, 6) is 1.90. The Hall–Kier alpha value is -3.81. The minimum atomic E-state index is -0.430. The van der Waals surface area contributed by atoms with Gasteiger partial charge >= 0.3 is 5.97 Å². The van der Waals surface area contributed by atoms with Gasteiger partial charge in [0.25, 0.3) is 0 Å². The van der Waals surface area contributed by atoms with E-state index in [2.05, 4.69) is 20.6 Å². The first-order chi connectivity index (χ1) is 13.6. The standard InChI is InChI=1S/C20H20N4O4/c1-26-16-9-8-13(10-17(16)27-2)23-18-11-19(22-12-21-18)24-15-7-5-4-6-14(15)20(25)28-3/h4-12H,1-3H3,(H2,21,22,23,24). The third-order valence-electron chi connectivity index (χ3n) is 3.92. The second kappa shape index (κ2) is 8.72. The molecule has 0 atom stereocenters. The molecule has 28 heavy (non-hydrogen) atoms. The molecule has 1 aromatic heterocycles. The Morgan fingerprint density at radius 2 is 1.57 bits per heavy atom. The summed E-state index contributed by atoms with van der Waals surface area (Å²) in [5, 5.41) is 6.30. The summed E-state index contributed by atoms with van der Waals surface area (Å²) < 4.78 is 15.4. The van der Waals surface area contributed by atoms with E-state index in [4.69, 9.17) is 14.2 Å². The minimum Gasteiger partial charge on any atom is -0.493 e. The van der Waals surface area contributed by atoms with Crippen molar-refractivity contribution < 1.29 is 19.0 Å². The van der Waals surface area contributed by atoms with E-state index in [1.165, 1.54) is 13.4 Å². The number of carbonyl (C=O) groups is 1. The average Bonchev–Trinajstić information content (AvgIpc) is 2.73. The highest BCUT2D eigenvalue weighted by atomic mass is 16.5. The van der Waals surface area contributed by atoms with Crippen molar-refractivity contribution in [1.82, 2.24) is 9.97 Å². The zero-order valence-electron chi connectivity index (χ0n) is 15.7. The monoisotopic (exact) mass is 380 g/mol. The van der Waals surface area contributed by atoms with Gasteiger partial charge < -0.3 is 24.8 Å². The first-order valence-corrected chi connectivity index (χ1v) is 8.40. The SMILES string of the molecule is COC(=O)c1ccccc1Nc1cc(Nc2ccc(OC)c(OC)c2)ncn1. The van der Waals surface area contributed by atoms with E-state index in [9.17, 15) is 4.79 Å². The zero-order valence-corrected chi connectivity index (χ0v) is 15.7. The Labute approximate surface area is 162 Å². The van der Waals surface area contributed by atoms with Crippen molar-refractivity contribution in [3.05, 3.63) is 60.4 Å². The number of hydrogen-bond acceptors (Lipinski definition) is 8. The maximum Gasteiger partial charge on any atom is 0.339 e. The predicted molar refractivity (Wildman–Crippen MR) is 106 cm³/mol. The molecule has 8 heteroatoms. The lowest BCUT2D eigenvalue weighted by Crippen LogP contribution is -2.06. The summed E-state index contributed by atoms with van der Waals surface area (Å²) in [6.45, 7) is 0. The Balaban J connectivity index is 1.81. The zero-order chi connectivity index (χ0) is 19.9. The number of ether oxygens (including phenoxy) is 3. The highest BCUT2D eigenvalue weighted by molar-refractivity contribution is 5.96. The van der Waals surface area contributed by atoms with Gasteiger partial charge in [-0.15, -0.1) is 0 Å². The number of hydrogen-bond donors (Lipinski definition) is 2. The fourth-order valence-corrected chi connectivity index (χ4v) is 2.57. The van der Waals surface area contributed by atoms with E-state index in [-0.39, 0.29) is 0 Å². The Morgan fingerprint density at radius 3 is 2.29 bits per heavy atom. The van der Waals surface area contributed by atoms with Gasteiger partial charge in [-0.1, -0.05) is 12.1 Å². The maximum atomic E-state index is 11.9. The molecule has 0 spiro atoms. The van der Waals surface area contributed by atoms with Crippen LogP contribution < -0.4 is 20.1 Å². The molecular weight excluding hydrogens is 360 g/mol. The molecule has 0 aliphatic rings. The summed E-state index contributed by atoms with van der Waals surface area (Å²) in [4.78, 5) is 20.3. The van der Waals surface area contributed by atoms with Gasteiger partial charge in [0.1, 0.15) is 18.0 Å². The van der Waals surface area contributed by atoms with E-state index in [0.29, 0.717) is 34.4 Å². The van der Waals surface area contributed by atoms with Gasteiger partial charge in [-0.3, -0.25) is 0 Å². The number of carbonyl (C=O) groups excluding carboxylic acids is 1. The van der Waals surface area contributed by atoms with Crippen LogP contribution in [0.25, 0.3) is 0 Å². The number of esters is 1. The maximum absolute atomic E-state index is 11.9. The van der Waals surface area contributed by atoms with Gasteiger partial charge in [-0.05, 0) is 24.3 Å². The van der Waals surface area contributed by atoms with E-state index >= 15 is 0 Å². The van der Waals surface area contributed by atoms with Crippen LogP contribution in [0.1, 0.15) is 10.4 Å². The number of nitrogens with one attached hydrogen (secondary N) is 2. The number of aromatic nitrogens is 2. The summed E-state index contributed by atoms with van der Waals surface area (Å²) in [6.07, 6.45) is 1.42. The molecule has 3 rings (SSSR count). The molecular formula is C20H20N4O4. The van der Waals surface area contributed by atoms with Crippen LogP contribution in [0.3, 0.4) is 0 Å². The molecule has 0 saturated carbocycles. The second-order valence-electron chi connectivity index (χ2n) is 5.65. The van der Waals surface area contributed by atoms with Crippen LogP contribution in [0, 0.1) is 0 Å². The highest BCUT2D eigenvalue weighted by Crippen LogP contribution is 2.31. The molecule has 144 valence electrons. The smallest absolute Gasteiger partial charge is 0.339 e. The average molecular weight is 380 g/mol. The van der Waals surface area contributed by atoms with Crippen LogP contribution in [0.4, 0.5) is 23.0 Å². The van der Waals surface area contributed by atoms with E-state index < -0.39 is 5.97 Å². The van der Waals surface area contributed by atoms with Gasteiger partial charge in [0.15, 0.2) is 11.5 Å². The molecule has 0 saturated heterocycles. The number of nitrogens with zero attached hydrogens (tertiary/aromatic N) is 2. The second-order valence-corrected chi connectivity index (χ2v) is 5.65. The first kappa shape index (κ1) is 19.0. The summed E-state index contributed by atoms with van der Waals surface area (Å²) in [6, 6.07) is 14.2. The van der Waals surface area contributed by atoms with Gasteiger partial charge in [-0.25, -0.2) is 14.8 Å². The Kier molecular flexibility index (Phi) is 5.91. The summed E-state index contributed by atoms with van der Waals surface area (Å²) in [5.41, 5.74) is 1.78. The molecule has 0 aliphatic carbocycles. The number of rotatable bonds is 7. The number of methoxy groups -OCH3 is 3. The Morgan fingerprint density at radius 1 is 0.857 bits per heavy atom. The topological polar surface area (TPSA) is 94.6 Å². The third kappa shape index (κ3) is 4.29. The van der Waals surface area contributed by atoms with Crippen molar-refractivity contribution in [3.63, 3.8) is 0 Å².